The van der Waals surface area contributed by atoms with Gasteiger partial charge in [0.25, 0.3) is 0 Å². The number of halogens is 4. The maximum atomic E-state index is 15.0. The second-order valence-corrected chi connectivity index (χ2v) is 11.1. The van der Waals surface area contributed by atoms with E-state index in [1.807, 2.05) is 10.6 Å². The molecule has 2 heterocycles. The van der Waals surface area contributed by atoms with Gasteiger partial charge in [-0.2, -0.15) is 23.2 Å². The van der Waals surface area contributed by atoms with E-state index in [-0.39, 0.29) is 22.7 Å². The summed E-state index contributed by atoms with van der Waals surface area (Å²) in [5.41, 5.74) is -0.752. The molecule has 0 amide bonds. The van der Waals surface area contributed by atoms with Crippen LogP contribution in [-0.2, 0) is 10.0 Å². The van der Waals surface area contributed by atoms with Gasteiger partial charge in [0, 0.05) is 12.2 Å². The number of nitrogens with one attached hydrogen (secondary N) is 1. The number of rotatable bonds is 5. The van der Waals surface area contributed by atoms with Crippen LogP contribution in [0.5, 0.6) is 0 Å². The van der Waals surface area contributed by atoms with Crippen LogP contribution in [0.4, 0.5) is 17.6 Å². The van der Waals surface area contributed by atoms with Crippen LogP contribution in [0.1, 0.15) is 56.7 Å². The summed E-state index contributed by atoms with van der Waals surface area (Å²) in [5, 5.41) is 10.1. The van der Waals surface area contributed by atoms with Crippen LogP contribution in [0.2, 0.25) is 0 Å². The minimum Gasteiger partial charge on any atom is -0.335 e. The van der Waals surface area contributed by atoms with Gasteiger partial charge in [-0.05, 0) is 63.4 Å². The number of alkyl halides is 3. The van der Waals surface area contributed by atoms with Crippen molar-refractivity contribution in [3.8, 4) is 17.5 Å². The van der Waals surface area contributed by atoms with Crippen LogP contribution >= 0.6 is 0 Å². The number of hydrogen-bond donors (Lipinski definition) is 1. The second kappa shape index (κ2) is 8.60. The summed E-state index contributed by atoms with van der Waals surface area (Å²) in [6, 6.07) is 7.71. The van der Waals surface area contributed by atoms with Gasteiger partial charge in [0.2, 0.25) is 10.0 Å². The van der Waals surface area contributed by atoms with Crippen molar-refractivity contribution < 1.29 is 26.0 Å². The summed E-state index contributed by atoms with van der Waals surface area (Å²) in [7, 11) is -4.54. The van der Waals surface area contributed by atoms with Crippen LogP contribution < -0.4 is 4.72 Å². The topological polar surface area (TPSA) is 87.8 Å². The Balaban J connectivity index is 1.86. The molecule has 0 radical (unpaired) electrons. The standard InChI is InChI=1S/C24H24F4N4O2S/c1-14-10-18(25)21-17(12-29)22(32(20(21)11-14)15-6-4-5-7-15)19-9-8-16(13-30-19)35(33,34)31-23(2,3)24(26,27)28/h8-11,13,15,31H,4-7H2,1-3H3. The summed E-state index contributed by atoms with van der Waals surface area (Å²) < 4.78 is 83.4. The van der Waals surface area contributed by atoms with E-state index in [2.05, 4.69) is 11.1 Å². The molecule has 1 aliphatic rings. The Labute approximate surface area is 200 Å². The summed E-state index contributed by atoms with van der Waals surface area (Å²) in [6.07, 6.45) is -0.236. The fraction of sp³-hybridized carbons (Fsp3) is 0.417. The normalized spacial score (nSPS) is 15.6. The van der Waals surface area contributed by atoms with Crippen LogP contribution in [0.3, 0.4) is 0 Å². The third kappa shape index (κ3) is 4.41. The first-order valence-corrected chi connectivity index (χ1v) is 12.6. The van der Waals surface area contributed by atoms with Crippen molar-refractivity contribution in [2.45, 2.75) is 69.1 Å². The number of hydrogen-bond acceptors (Lipinski definition) is 4. The fourth-order valence-corrected chi connectivity index (χ4v) is 5.90. The van der Waals surface area contributed by atoms with E-state index in [1.54, 1.807) is 11.6 Å². The highest BCUT2D eigenvalue weighted by Gasteiger charge is 2.49. The summed E-state index contributed by atoms with van der Waals surface area (Å²) in [6.45, 7) is 3.21. The van der Waals surface area contributed by atoms with Gasteiger partial charge in [0.15, 0.2) is 0 Å². The van der Waals surface area contributed by atoms with E-state index < -0.39 is 32.5 Å². The van der Waals surface area contributed by atoms with Gasteiger partial charge in [-0.15, -0.1) is 0 Å². The van der Waals surface area contributed by atoms with Gasteiger partial charge in [-0.25, -0.2) is 12.8 Å². The molecule has 1 N–H and O–H groups in total. The lowest BCUT2D eigenvalue weighted by Gasteiger charge is -2.28. The lowest BCUT2D eigenvalue weighted by Crippen LogP contribution is -2.54. The average Bonchev–Trinajstić information content (AvgIpc) is 3.37. The summed E-state index contributed by atoms with van der Waals surface area (Å²) in [5.74, 6) is -0.535. The van der Waals surface area contributed by atoms with Gasteiger partial charge in [-0.3, -0.25) is 4.98 Å². The molecule has 11 heteroatoms. The van der Waals surface area contributed by atoms with Gasteiger partial charge in [0.05, 0.1) is 27.9 Å². The lowest BCUT2D eigenvalue weighted by atomic mass is 10.1. The van der Waals surface area contributed by atoms with Crippen molar-refractivity contribution in [3.05, 3.63) is 47.4 Å². The summed E-state index contributed by atoms with van der Waals surface area (Å²) >= 11 is 0. The molecule has 0 spiro atoms. The Morgan fingerprint density at radius 1 is 1.17 bits per heavy atom. The first kappa shape index (κ1) is 25.1. The highest BCUT2D eigenvalue weighted by atomic mass is 32.2. The zero-order valence-corrected chi connectivity index (χ0v) is 20.2. The number of aromatic nitrogens is 2. The molecule has 35 heavy (non-hydrogen) atoms. The number of benzene rings is 1. The average molecular weight is 509 g/mol. The maximum absolute atomic E-state index is 15.0. The predicted octanol–water partition coefficient (Wildman–Crippen LogP) is 5.76. The molecule has 4 rings (SSSR count). The van der Waals surface area contributed by atoms with Gasteiger partial charge >= 0.3 is 6.18 Å². The van der Waals surface area contributed by atoms with Gasteiger partial charge in [0.1, 0.15) is 22.3 Å². The number of fused-ring (bicyclic) bond motifs is 1. The van der Waals surface area contributed by atoms with Gasteiger partial charge in [-0.1, -0.05) is 12.8 Å². The first-order chi connectivity index (χ1) is 16.3. The van der Waals surface area contributed by atoms with Gasteiger partial charge < -0.3 is 4.57 Å². The number of nitrogens with zero attached hydrogens (tertiary/aromatic N) is 3. The van der Waals surface area contributed by atoms with Crippen molar-refractivity contribution in [1.29, 1.82) is 5.26 Å². The van der Waals surface area contributed by atoms with E-state index in [0.29, 0.717) is 16.8 Å². The largest absolute Gasteiger partial charge is 0.407 e. The maximum Gasteiger partial charge on any atom is 0.407 e. The molecule has 3 aromatic rings. The minimum absolute atomic E-state index is 0.00950. The highest BCUT2D eigenvalue weighted by Crippen LogP contribution is 2.42. The SMILES string of the molecule is Cc1cc(F)c2c(C#N)c(-c3ccc(S(=O)(=O)NC(C)(C)C(F)(F)F)cn3)n(C3CCCC3)c2c1. The third-order valence-corrected chi connectivity index (χ3v) is 8.03. The molecule has 1 aromatic carbocycles. The number of pyridine rings is 1. The molecule has 1 saturated carbocycles. The molecule has 0 saturated heterocycles. The number of sulfonamides is 1. The molecule has 0 aliphatic heterocycles. The molecule has 1 fully saturated rings. The Morgan fingerprint density at radius 3 is 2.37 bits per heavy atom. The molecule has 186 valence electrons. The van der Waals surface area contributed by atoms with Crippen molar-refractivity contribution >= 4 is 20.9 Å². The molecular formula is C24H24F4N4O2S. The van der Waals surface area contributed by atoms with Crippen LogP contribution in [-0.4, -0.2) is 29.7 Å². The van der Waals surface area contributed by atoms with Crippen molar-refractivity contribution in [2.24, 2.45) is 0 Å². The van der Waals surface area contributed by atoms with E-state index in [0.717, 1.165) is 51.8 Å². The Hall–Kier alpha value is -2.97. The minimum atomic E-state index is -4.81. The fourth-order valence-electron chi connectivity index (χ4n) is 4.55. The van der Waals surface area contributed by atoms with Crippen molar-refractivity contribution in [3.63, 3.8) is 0 Å². The van der Waals surface area contributed by atoms with Crippen molar-refractivity contribution in [2.75, 3.05) is 0 Å². The van der Waals surface area contributed by atoms with Crippen LogP contribution in [0, 0.1) is 24.1 Å². The smallest absolute Gasteiger partial charge is 0.335 e. The van der Waals surface area contributed by atoms with Crippen LogP contribution in [0.25, 0.3) is 22.3 Å². The zero-order valence-electron chi connectivity index (χ0n) is 19.4. The molecule has 2 aromatic heterocycles. The Bertz CT molecular complexity index is 1430. The predicted molar refractivity (Wildman–Crippen MR) is 123 cm³/mol. The molecule has 0 unspecified atom stereocenters. The number of nitriles is 1. The summed E-state index contributed by atoms with van der Waals surface area (Å²) in [4.78, 5) is 3.74. The Kier molecular flexibility index (Phi) is 6.18. The third-order valence-electron chi connectivity index (χ3n) is 6.39. The molecule has 0 atom stereocenters. The molecule has 1 aliphatic carbocycles. The lowest BCUT2D eigenvalue weighted by molar-refractivity contribution is -0.180. The van der Waals surface area contributed by atoms with Crippen molar-refractivity contribution in [1.82, 2.24) is 14.3 Å². The number of aryl methyl sites for hydroxylation is 1. The van der Waals surface area contributed by atoms with E-state index in [1.165, 1.54) is 12.1 Å². The van der Waals surface area contributed by atoms with E-state index in [4.69, 9.17) is 0 Å². The molecule has 6 nitrogen and oxygen atoms in total. The zero-order chi connectivity index (χ0) is 25.8. The van der Waals surface area contributed by atoms with E-state index in [9.17, 15) is 26.9 Å². The molecule has 0 bridgehead atoms. The Morgan fingerprint density at radius 2 is 1.83 bits per heavy atom. The first-order valence-electron chi connectivity index (χ1n) is 11.1. The monoisotopic (exact) mass is 508 g/mol. The second-order valence-electron chi connectivity index (χ2n) is 9.39. The van der Waals surface area contributed by atoms with Crippen LogP contribution in [0.15, 0.2) is 35.4 Å². The molecular weight excluding hydrogens is 484 g/mol. The highest BCUT2D eigenvalue weighted by molar-refractivity contribution is 7.89. The van der Waals surface area contributed by atoms with E-state index >= 15 is 4.39 Å². The quantitative estimate of drug-likeness (QED) is 0.444.